The normalized spacial score (nSPS) is 23.6. The summed E-state index contributed by atoms with van der Waals surface area (Å²) in [4.78, 5) is 2.77. The van der Waals surface area contributed by atoms with Crippen LogP contribution in [-0.2, 0) is 0 Å². The van der Waals surface area contributed by atoms with Crippen LogP contribution in [0.4, 0.5) is 0 Å². The highest BCUT2D eigenvalue weighted by Crippen LogP contribution is 2.46. The van der Waals surface area contributed by atoms with E-state index in [4.69, 9.17) is 0 Å². The highest BCUT2D eigenvalue weighted by Gasteiger charge is 2.38. The minimum Gasteiger partial charge on any atom is -0.316 e. The van der Waals surface area contributed by atoms with E-state index in [1.807, 2.05) is 0 Å². The predicted molar refractivity (Wildman–Crippen MR) is 88.1 cm³/mol. The maximum Gasteiger partial charge on any atom is 0.00499 e. The summed E-state index contributed by atoms with van der Waals surface area (Å²) in [6.07, 6.45) is 11.6. The average molecular weight is 280 g/mol. The third-order valence-corrected chi connectivity index (χ3v) is 6.39. The summed E-state index contributed by atoms with van der Waals surface area (Å²) in [6.45, 7) is 13.3. The van der Waals surface area contributed by atoms with E-state index in [2.05, 4.69) is 31.0 Å². The summed E-state index contributed by atoms with van der Waals surface area (Å²) in [5.74, 6) is 0. The molecule has 0 aromatic carbocycles. The van der Waals surface area contributed by atoms with Crippen LogP contribution in [0.25, 0.3) is 0 Å². The van der Waals surface area contributed by atoms with Crippen molar-refractivity contribution in [3.8, 4) is 0 Å². The number of likely N-dealkylation sites (tertiary alicyclic amines) is 1. The van der Waals surface area contributed by atoms with Gasteiger partial charge in [-0.3, -0.25) is 0 Å². The van der Waals surface area contributed by atoms with Gasteiger partial charge in [-0.15, -0.1) is 0 Å². The molecule has 1 heterocycles. The Balaban J connectivity index is 1.85. The summed E-state index contributed by atoms with van der Waals surface area (Å²) >= 11 is 0. The molecule has 1 saturated carbocycles. The fourth-order valence-corrected chi connectivity index (χ4v) is 4.45. The lowest BCUT2D eigenvalue weighted by Gasteiger charge is -2.44. The standard InChI is InChI=1S/C18H36N2/c1-4-17(5-2,15-19-6-3)16-20-13-11-18(12-14-20)9-7-8-10-18/h19H,4-16H2,1-3H3. The van der Waals surface area contributed by atoms with Crippen LogP contribution in [0.3, 0.4) is 0 Å². The van der Waals surface area contributed by atoms with Crippen molar-refractivity contribution in [3.63, 3.8) is 0 Å². The molecular formula is C18H36N2. The van der Waals surface area contributed by atoms with E-state index in [1.54, 1.807) is 0 Å². The quantitative estimate of drug-likeness (QED) is 0.756. The van der Waals surface area contributed by atoms with E-state index >= 15 is 0 Å². The van der Waals surface area contributed by atoms with E-state index in [0.717, 1.165) is 12.0 Å². The van der Waals surface area contributed by atoms with E-state index < -0.39 is 0 Å². The fourth-order valence-electron chi connectivity index (χ4n) is 4.45. The number of nitrogens with zero attached hydrogens (tertiary/aromatic N) is 1. The van der Waals surface area contributed by atoms with Gasteiger partial charge >= 0.3 is 0 Å². The lowest BCUT2D eigenvalue weighted by Crippen LogP contribution is -2.47. The first-order valence-corrected chi connectivity index (χ1v) is 9.11. The Hall–Kier alpha value is -0.0800. The molecule has 2 rings (SSSR count). The van der Waals surface area contributed by atoms with Crippen LogP contribution in [0.5, 0.6) is 0 Å². The van der Waals surface area contributed by atoms with Crippen LogP contribution in [0, 0.1) is 10.8 Å². The molecule has 1 aliphatic heterocycles. The van der Waals surface area contributed by atoms with Crippen LogP contribution < -0.4 is 5.32 Å². The van der Waals surface area contributed by atoms with Gasteiger partial charge in [-0.05, 0) is 69.0 Å². The second-order valence-corrected chi connectivity index (χ2v) is 7.47. The van der Waals surface area contributed by atoms with Crippen molar-refractivity contribution in [2.75, 3.05) is 32.7 Å². The van der Waals surface area contributed by atoms with Gasteiger partial charge in [-0.1, -0.05) is 33.6 Å². The van der Waals surface area contributed by atoms with Gasteiger partial charge in [0.05, 0.1) is 0 Å². The Morgan fingerprint density at radius 2 is 1.55 bits per heavy atom. The molecule has 0 bridgehead atoms. The Morgan fingerprint density at radius 3 is 2.05 bits per heavy atom. The Kier molecular flexibility index (Phi) is 5.92. The molecule has 0 aromatic heterocycles. The molecule has 1 saturated heterocycles. The molecule has 1 spiro atoms. The van der Waals surface area contributed by atoms with Crippen LogP contribution in [0.1, 0.15) is 72.1 Å². The van der Waals surface area contributed by atoms with Gasteiger partial charge in [0, 0.05) is 13.1 Å². The molecule has 0 aromatic rings. The molecule has 2 nitrogen and oxygen atoms in total. The van der Waals surface area contributed by atoms with Gasteiger partial charge in [0.25, 0.3) is 0 Å². The van der Waals surface area contributed by atoms with Crippen LogP contribution in [0.2, 0.25) is 0 Å². The van der Waals surface area contributed by atoms with E-state index in [-0.39, 0.29) is 0 Å². The van der Waals surface area contributed by atoms with E-state index in [0.29, 0.717) is 5.41 Å². The van der Waals surface area contributed by atoms with Crippen molar-refractivity contribution in [2.24, 2.45) is 10.8 Å². The zero-order valence-electron chi connectivity index (χ0n) is 14.1. The fraction of sp³-hybridized carbons (Fsp3) is 1.00. The minimum atomic E-state index is 0.496. The highest BCUT2D eigenvalue weighted by molar-refractivity contribution is 4.92. The molecule has 2 fully saturated rings. The lowest BCUT2D eigenvalue weighted by atomic mass is 9.75. The second-order valence-electron chi connectivity index (χ2n) is 7.47. The van der Waals surface area contributed by atoms with Crippen molar-refractivity contribution in [3.05, 3.63) is 0 Å². The van der Waals surface area contributed by atoms with E-state index in [9.17, 15) is 0 Å². The summed E-state index contributed by atoms with van der Waals surface area (Å²) < 4.78 is 0. The zero-order chi connectivity index (χ0) is 14.5. The molecule has 1 aliphatic carbocycles. The molecule has 2 heteroatoms. The van der Waals surface area contributed by atoms with Crippen molar-refractivity contribution in [1.29, 1.82) is 0 Å². The van der Waals surface area contributed by atoms with Gasteiger partial charge in [0.15, 0.2) is 0 Å². The SMILES string of the molecule is CCNCC(CC)(CC)CN1CCC2(CCCC2)CC1. The number of hydrogen-bond donors (Lipinski definition) is 1. The van der Waals surface area contributed by atoms with Crippen molar-refractivity contribution < 1.29 is 0 Å². The molecule has 0 atom stereocenters. The molecule has 1 N–H and O–H groups in total. The van der Waals surface area contributed by atoms with Gasteiger partial charge in [0.2, 0.25) is 0 Å². The first-order valence-electron chi connectivity index (χ1n) is 9.11. The number of piperidine rings is 1. The van der Waals surface area contributed by atoms with Crippen LogP contribution in [-0.4, -0.2) is 37.6 Å². The molecule has 0 amide bonds. The smallest absolute Gasteiger partial charge is 0.00499 e. The molecule has 0 radical (unpaired) electrons. The van der Waals surface area contributed by atoms with Crippen LogP contribution >= 0.6 is 0 Å². The third-order valence-electron chi connectivity index (χ3n) is 6.39. The number of nitrogens with one attached hydrogen (secondary N) is 1. The Bertz CT molecular complexity index is 267. The van der Waals surface area contributed by atoms with Crippen molar-refractivity contribution >= 4 is 0 Å². The average Bonchev–Trinajstić information content (AvgIpc) is 2.94. The maximum atomic E-state index is 3.60. The van der Waals surface area contributed by atoms with Gasteiger partial charge in [-0.25, -0.2) is 0 Å². The zero-order valence-corrected chi connectivity index (χ0v) is 14.1. The Labute approximate surface area is 126 Å². The molecule has 20 heavy (non-hydrogen) atoms. The third kappa shape index (κ3) is 3.76. The topological polar surface area (TPSA) is 15.3 Å². The number of hydrogen-bond acceptors (Lipinski definition) is 2. The summed E-state index contributed by atoms with van der Waals surface area (Å²) in [7, 11) is 0. The molecular weight excluding hydrogens is 244 g/mol. The van der Waals surface area contributed by atoms with Gasteiger partial charge in [0.1, 0.15) is 0 Å². The second kappa shape index (κ2) is 7.26. The van der Waals surface area contributed by atoms with Gasteiger partial charge < -0.3 is 10.2 Å². The van der Waals surface area contributed by atoms with Crippen LogP contribution in [0.15, 0.2) is 0 Å². The largest absolute Gasteiger partial charge is 0.316 e. The monoisotopic (exact) mass is 280 g/mol. The van der Waals surface area contributed by atoms with Crippen molar-refractivity contribution in [2.45, 2.75) is 72.1 Å². The number of rotatable bonds is 7. The predicted octanol–water partition coefficient (Wildman–Crippen LogP) is 4.06. The lowest BCUT2D eigenvalue weighted by molar-refractivity contribution is 0.0633. The van der Waals surface area contributed by atoms with Gasteiger partial charge in [-0.2, -0.15) is 0 Å². The first-order chi connectivity index (χ1) is 9.67. The maximum absolute atomic E-state index is 3.60. The Morgan fingerprint density at radius 1 is 0.950 bits per heavy atom. The molecule has 2 aliphatic rings. The molecule has 118 valence electrons. The summed E-state index contributed by atoms with van der Waals surface area (Å²) in [6, 6.07) is 0. The summed E-state index contributed by atoms with van der Waals surface area (Å²) in [5, 5.41) is 3.60. The first kappa shape index (κ1) is 16.3. The minimum absolute atomic E-state index is 0.496. The van der Waals surface area contributed by atoms with Crippen molar-refractivity contribution in [1.82, 2.24) is 10.2 Å². The molecule has 0 unspecified atom stereocenters. The summed E-state index contributed by atoms with van der Waals surface area (Å²) in [5.41, 5.74) is 1.26. The van der Waals surface area contributed by atoms with E-state index in [1.165, 1.54) is 77.5 Å². The highest BCUT2D eigenvalue weighted by atomic mass is 15.1.